The maximum atomic E-state index is 7.65. The van der Waals surface area contributed by atoms with Crippen molar-refractivity contribution in [2.45, 2.75) is 64.5 Å². The minimum Gasteiger partial charge on any atom is -0.386 e. The van der Waals surface area contributed by atoms with Crippen LogP contribution in [0.5, 0.6) is 0 Å². The van der Waals surface area contributed by atoms with Gasteiger partial charge in [0.1, 0.15) is 5.84 Å². The second-order valence-corrected chi connectivity index (χ2v) is 4.56. The van der Waals surface area contributed by atoms with Crippen molar-refractivity contribution >= 4 is 5.84 Å². The van der Waals surface area contributed by atoms with Crippen molar-refractivity contribution in [2.75, 3.05) is 6.54 Å². The Balaban J connectivity index is 2.64. The number of nitrogens with zero attached hydrogens (tertiary/aromatic N) is 1. The second kappa shape index (κ2) is 6.11. The van der Waals surface area contributed by atoms with E-state index in [1.807, 2.05) is 0 Å². The number of likely N-dealkylation sites (tertiary alicyclic amines) is 1. The van der Waals surface area contributed by atoms with Gasteiger partial charge in [0.2, 0.25) is 0 Å². The van der Waals surface area contributed by atoms with E-state index in [1.165, 1.54) is 32.1 Å². The highest BCUT2D eigenvalue weighted by atomic mass is 15.2. The van der Waals surface area contributed by atoms with Gasteiger partial charge in [0, 0.05) is 6.04 Å². The van der Waals surface area contributed by atoms with Crippen LogP contribution >= 0.6 is 0 Å². The smallest absolute Gasteiger partial charge is 0.108 e. The van der Waals surface area contributed by atoms with Crippen molar-refractivity contribution in [2.24, 2.45) is 5.73 Å². The van der Waals surface area contributed by atoms with E-state index in [0.29, 0.717) is 11.9 Å². The van der Waals surface area contributed by atoms with E-state index in [9.17, 15) is 0 Å². The summed E-state index contributed by atoms with van der Waals surface area (Å²) in [6.45, 7) is 5.49. The molecule has 1 rings (SSSR count). The van der Waals surface area contributed by atoms with Crippen LogP contribution < -0.4 is 5.73 Å². The van der Waals surface area contributed by atoms with E-state index in [0.717, 1.165) is 13.0 Å². The van der Waals surface area contributed by atoms with Crippen molar-refractivity contribution in [3.8, 4) is 0 Å². The van der Waals surface area contributed by atoms with Gasteiger partial charge in [-0.3, -0.25) is 10.3 Å². The van der Waals surface area contributed by atoms with Gasteiger partial charge in [-0.2, -0.15) is 0 Å². The summed E-state index contributed by atoms with van der Waals surface area (Å²) in [6, 6.07) is 0.847. The molecule has 0 aromatic rings. The van der Waals surface area contributed by atoms with E-state index in [2.05, 4.69) is 18.7 Å². The Labute approximate surface area is 93.5 Å². The molecule has 0 radical (unpaired) electrons. The lowest BCUT2D eigenvalue weighted by Gasteiger charge is -2.40. The molecule has 15 heavy (non-hydrogen) atoms. The first-order valence-corrected chi connectivity index (χ1v) is 6.30. The summed E-state index contributed by atoms with van der Waals surface area (Å²) < 4.78 is 0. The number of hydrogen-bond donors (Lipinski definition) is 2. The number of nitrogens with two attached hydrogens (primary N) is 1. The van der Waals surface area contributed by atoms with Gasteiger partial charge in [-0.1, -0.05) is 26.7 Å². The van der Waals surface area contributed by atoms with Crippen LogP contribution in [0.25, 0.3) is 0 Å². The SMILES string of the molecule is CCCC1CCCCN1C(CC)C(=N)N. The van der Waals surface area contributed by atoms with Gasteiger partial charge in [-0.25, -0.2) is 0 Å². The van der Waals surface area contributed by atoms with Crippen LogP contribution in [0.15, 0.2) is 0 Å². The number of hydrogen-bond acceptors (Lipinski definition) is 2. The summed E-state index contributed by atoms with van der Waals surface area (Å²) in [6.07, 6.45) is 7.35. The first-order chi connectivity index (χ1) is 7.20. The van der Waals surface area contributed by atoms with Gasteiger partial charge in [0.05, 0.1) is 6.04 Å². The molecule has 0 aromatic carbocycles. The minimum absolute atomic E-state index is 0.182. The highest BCUT2D eigenvalue weighted by molar-refractivity contribution is 5.82. The average molecular weight is 211 g/mol. The fourth-order valence-electron chi connectivity index (χ4n) is 2.71. The molecule has 0 aromatic heterocycles. The van der Waals surface area contributed by atoms with Gasteiger partial charge in [0.25, 0.3) is 0 Å². The average Bonchev–Trinajstić information content (AvgIpc) is 2.21. The van der Waals surface area contributed by atoms with Crippen molar-refractivity contribution in [1.29, 1.82) is 5.41 Å². The van der Waals surface area contributed by atoms with E-state index < -0.39 is 0 Å². The molecular weight excluding hydrogens is 186 g/mol. The van der Waals surface area contributed by atoms with Gasteiger partial charge in [-0.15, -0.1) is 0 Å². The number of nitrogens with one attached hydrogen (secondary N) is 1. The van der Waals surface area contributed by atoms with Crippen LogP contribution in [-0.2, 0) is 0 Å². The highest BCUT2D eigenvalue weighted by Crippen LogP contribution is 2.24. The second-order valence-electron chi connectivity index (χ2n) is 4.56. The van der Waals surface area contributed by atoms with Gasteiger partial charge >= 0.3 is 0 Å². The summed E-state index contributed by atoms with van der Waals surface area (Å²) in [5, 5.41) is 7.65. The Morgan fingerprint density at radius 1 is 1.47 bits per heavy atom. The molecule has 2 atom stereocenters. The van der Waals surface area contributed by atoms with Crippen molar-refractivity contribution in [3.63, 3.8) is 0 Å². The van der Waals surface area contributed by atoms with Crippen LogP contribution in [0.2, 0.25) is 0 Å². The fourth-order valence-corrected chi connectivity index (χ4v) is 2.71. The zero-order valence-corrected chi connectivity index (χ0v) is 10.1. The predicted octanol–water partition coefficient (Wildman–Crippen LogP) is 2.36. The quantitative estimate of drug-likeness (QED) is 0.542. The molecule has 1 heterocycles. The molecule has 2 unspecified atom stereocenters. The van der Waals surface area contributed by atoms with Crippen LogP contribution in [-0.4, -0.2) is 29.4 Å². The molecule has 1 saturated heterocycles. The Morgan fingerprint density at radius 2 is 2.20 bits per heavy atom. The summed E-state index contributed by atoms with van der Waals surface area (Å²) in [7, 11) is 0. The lowest BCUT2D eigenvalue weighted by atomic mass is 9.95. The third-order valence-corrected chi connectivity index (χ3v) is 3.44. The molecular formula is C12H25N3. The molecule has 0 saturated carbocycles. The van der Waals surface area contributed by atoms with E-state index in [4.69, 9.17) is 11.1 Å². The number of amidine groups is 1. The molecule has 3 nitrogen and oxygen atoms in total. The van der Waals surface area contributed by atoms with E-state index in [-0.39, 0.29) is 6.04 Å². The Bertz CT molecular complexity index is 201. The van der Waals surface area contributed by atoms with Crippen molar-refractivity contribution in [1.82, 2.24) is 4.90 Å². The largest absolute Gasteiger partial charge is 0.386 e. The van der Waals surface area contributed by atoms with Crippen LogP contribution in [0.1, 0.15) is 52.4 Å². The fraction of sp³-hybridized carbons (Fsp3) is 0.917. The van der Waals surface area contributed by atoms with Crippen LogP contribution in [0.4, 0.5) is 0 Å². The Kier molecular flexibility index (Phi) is 5.09. The Morgan fingerprint density at radius 3 is 2.73 bits per heavy atom. The maximum Gasteiger partial charge on any atom is 0.108 e. The highest BCUT2D eigenvalue weighted by Gasteiger charge is 2.28. The lowest BCUT2D eigenvalue weighted by molar-refractivity contribution is 0.114. The van der Waals surface area contributed by atoms with Gasteiger partial charge < -0.3 is 5.73 Å². The third kappa shape index (κ3) is 3.20. The molecule has 3 N–H and O–H groups in total. The topological polar surface area (TPSA) is 53.1 Å². The Hall–Kier alpha value is -0.570. The molecule has 0 bridgehead atoms. The zero-order valence-electron chi connectivity index (χ0n) is 10.1. The van der Waals surface area contributed by atoms with E-state index >= 15 is 0 Å². The lowest BCUT2D eigenvalue weighted by Crippen LogP contribution is -2.51. The molecule has 0 aliphatic carbocycles. The van der Waals surface area contributed by atoms with Crippen molar-refractivity contribution in [3.05, 3.63) is 0 Å². The minimum atomic E-state index is 0.182. The molecule has 0 amide bonds. The standard InChI is InChI=1S/C12H25N3/c1-3-7-10-8-5-6-9-15(10)11(4-2)12(13)14/h10-11H,3-9H2,1-2H3,(H3,13,14). The summed E-state index contributed by atoms with van der Waals surface area (Å²) >= 11 is 0. The molecule has 0 spiro atoms. The number of rotatable bonds is 5. The maximum absolute atomic E-state index is 7.65. The van der Waals surface area contributed by atoms with E-state index in [1.54, 1.807) is 0 Å². The summed E-state index contributed by atoms with van der Waals surface area (Å²) in [4.78, 5) is 2.47. The third-order valence-electron chi connectivity index (χ3n) is 3.44. The molecule has 1 aliphatic heterocycles. The van der Waals surface area contributed by atoms with Gasteiger partial charge in [-0.05, 0) is 32.2 Å². The monoisotopic (exact) mass is 211 g/mol. The summed E-state index contributed by atoms with van der Waals surface area (Å²) in [5.41, 5.74) is 5.68. The summed E-state index contributed by atoms with van der Waals surface area (Å²) in [5.74, 6) is 0.348. The predicted molar refractivity (Wildman–Crippen MR) is 65.2 cm³/mol. The molecule has 1 aliphatic rings. The molecule has 88 valence electrons. The van der Waals surface area contributed by atoms with Gasteiger partial charge in [0.15, 0.2) is 0 Å². The van der Waals surface area contributed by atoms with Crippen LogP contribution in [0, 0.1) is 5.41 Å². The number of piperidine rings is 1. The van der Waals surface area contributed by atoms with Crippen molar-refractivity contribution < 1.29 is 0 Å². The first kappa shape index (κ1) is 12.5. The normalized spacial score (nSPS) is 25.1. The first-order valence-electron chi connectivity index (χ1n) is 6.30. The molecule has 3 heteroatoms. The zero-order chi connectivity index (χ0) is 11.3. The van der Waals surface area contributed by atoms with Crippen LogP contribution in [0.3, 0.4) is 0 Å². The molecule has 1 fully saturated rings.